The van der Waals surface area contributed by atoms with E-state index in [1.165, 1.54) is 12.8 Å². The molecule has 0 bridgehead atoms. The molecule has 1 unspecified atom stereocenters. The second-order valence-electron chi connectivity index (χ2n) is 3.35. The molecule has 3 nitrogen and oxygen atoms in total. The Morgan fingerprint density at radius 2 is 2.43 bits per heavy atom. The van der Waals surface area contributed by atoms with Crippen molar-refractivity contribution >= 4 is 17.3 Å². The highest BCUT2D eigenvalue weighted by Crippen LogP contribution is 2.14. The smallest absolute Gasteiger partial charge is 0.166 e. The van der Waals surface area contributed by atoms with Crippen LogP contribution in [0.3, 0.4) is 0 Å². The third kappa shape index (κ3) is 4.58. The predicted octanol–water partition coefficient (Wildman–Crippen LogP) is 1.21. The summed E-state index contributed by atoms with van der Waals surface area (Å²) in [5.74, 6) is 0. The second kappa shape index (κ2) is 6.79. The molecule has 1 aliphatic heterocycles. The van der Waals surface area contributed by atoms with Crippen molar-refractivity contribution in [3.8, 4) is 0 Å². The Bertz CT molecular complexity index is 191. The molecule has 0 radical (unpaired) electrons. The summed E-state index contributed by atoms with van der Waals surface area (Å²) in [6.07, 6.45) is 5.65. The van der Waals surface area contributed by atoms with Gasteiger partial charge in [0.15, 0.2) is 5.11 Å². The molecule has 80 valence electrons. The molecular weight excluding hydrogens is 196 g/mol. The molecule has 0 aromatic heterocycles. The average molecular weight is 214 g/mol. The standard InChI is InChI=1S/C10H18N2OS/c1-2-6-11-10(14)12-7-5-9-4-3-8-13-9/h2,9H,1,3-8H2,(H2,11,12,14). The van der Waals surface area contributed by atoms with E-state index in [2.05, 4.69) is 17.2 Å². The van der Waals surface area contributed by atoms with E-state index in [0.717, 1.165) is 19.6 Å². The van der Waals surface area contributed by atoms with E-state index < -0.39 is 0 Å². The first-order chi connectivity index (χ1) is 6.83. The van der Waals surface area contributed by atoms with Crippen LogP contribution in [0.25, 0.3) is 0 Å². The summed E-state index contributed by atoms with van der Waals surface area (Å²) >= 11 is 5.05. The van der Waals surface area contributed by atoms with Gasteiger partial charge in [-0.1, -0.05) is 6.08 Å². The average Bonchev–Trinajstić information content (AvgIpc) is 2.67. The zero-order chi connectivity index (χ0) is 10.2. The van der Waals surface area contributed by atoms with Crippen molar-refractivity contribution in [1.82, 2.24) is 10.6 Å². The predicted molar refractivity (Wildman–Crippen MR) is 62.4 cm³/mol. The molecule has 1 heterocycles. The Morgan fingerprint density at radius 1 is 1.57 bits per heavy atom. The molecule has 1 atom stereocenters. The topological polar surface area (TPSA) is 33.3 Å². The first kappa shape index (κ1) is 11.5. The Balaban J connectivity index is 1.96. The van der Waals surface area contributed by atoms with Gasteiger partial charge >= 0.3 is 0 Å². The van der Waals surface area contributed by atoms with Crippen LogP contribution >= 0.6 is 12.2 Å². The van der Waals surface area contributed by atoms with Crippen molar-refractivity contribution < 1.29 is 4.74 Å². The normalized spacial score (nSPS) is 20.4. The first-order valence-electron chi connectivity index (χ1n) is 5.07. The molecule has 2 N–H and O–H groups in total. The number of ether oxygens (including phenoxy) is 1. The summed E-state index contributed by atoms with van der Waals surface area (Å²) in [4.78, 5) is 0. The maximum atomic E-state index is 5.50. The zero-order valence-electron chi connectivity index (χ0n) is 8.42. The van der Waals surface area contributed by atoms with Crippen LogP contribution in [0.5, 0.6) is 0 Å². The van der Waals surface area contributed by atoms with Gasteiger partial charge in [-0.05, 0) is 31.5 Å². The fourth-order valence-corrected chi connectivity index (χ4v) is 1.63. The minimum absolute atomic E-state index is 0.435. The van der Waals surface area contributed by atoms with Crippen LogP contribution in [0, 0.1) is 0 Å². The molecular formula is C10H18N2OS. The number of hydrogen-bond acceptors (Lipinski definition) is 2. The van der Waals surface area contributed by atoms with Gasteiger partial charge in [0.2, 0.25) is 0 Å². The van der Waals surface area contributed by atoms with Gasteiger partial charge in [-0.3, -0.25) is 0 Å². The van der Waals surface area contributed by atoms with E-state index >= 15 is 0 Å². The molecule has 14 heavy (non-hydrogen) atoms. The van der Waals surface area contributed by atoms with E-state index in [1.807, 2.05) is 0 Å². The maximum absolute atomic E-state index is 5.50. The van der Waals surface area contributed by atoms with E-state index in [1.54, 1.807) is 6.08 Å². The summed E-state index contributed by atoms with van der Waals surface area (Å²) in [5, 5.41) is 6.85. The third-order valence-corrected chi connectivity index (χ3v) is 2.47. The van der Waals surface area contributed by atoms with Crippen molar-refractivity contribution in [2.45, 2.75) is 25.4 Å². The summed E-state index contributed by atoms with van der Waals surface area (Å²) < 4.78 is 5.50. The number of hydrogen-bond donors (Lipinski definition) is 2. The van der Waals surface area contributed by atoms with Crippen LogP contribution < -0.4 is 10.6 Å². The van der Waals surface area contributed by atoms with E-state index in [0.29, 0.717) is 17.8 Å². The van der Waals surface area contributed by atoms with Gasteiger partial charge in [0.05, 0.1) is 6.10 Å². The summed E-state index contributed by atoms with van der Waals surface area (Å²) in [7, 11) is 0. The molecule has 1 rings (SSSR count). The van der Waals surface area contributed by atoms with Gasteiger partial charge < -0.3 is 15.4 Å². The minimum atomic E-state index is 0.435. The van der Waals surface area contributed by atoms with E-state index in [9.17, 15) is 0 Å². The third-order valence-electron chi connectivity index (χ3n) is 2.18. The lowest BCUT2D eigenvalue weighted by Crippen LogP contribution is -2.36. The molecule has 0 amide bonds. The number of rotatable bonds is 5. The summed E-state index contributed by atoms with van der Waals surface area (Å²) in [6.45, 7) is 6.12. The molecule has 4 heteroatoms. The SMILES string of the molecule is C=CCNC(=S)NCCC1CCCO1. The Labute approximate surface area is 90.9 Å². The molecule has 1 fully saturated rings. The highest BCUT2D eigenvalue weighted by atomic mass is 32.1. The maximum Gasteiger partial charge on any atom is 0.166 e. The lowest BCUT2D eigenvalue weighted by molar-refractivity contribution is 0.105. The van der Waals surface area contributed by atoms with Crippen LogP contribution in [0.4, 0.5) is 0 Å². The van der Waals surface area contributed by atoms with Gasteiger partial charge in [0.25, 0.3) is 0 Å². The fraction of sp³-hybridized carbons (Fsp3) is 0.700. The van der Waals surface area contributed by atoms with Crippen molar-refractivity contribution in [1.29, 1.82) is 0 Å². The number of nitrogens with one attached hydrogen (secondary N) is 2. The minimum Gasteiger partial charge on any atom is -0.378 e. The quantitative estimate of drug-likeness (QED) is 0.532. The molecule has 1 aliphatic rings. The molecule has 0 aliphatic carbocycles. The van der Waals surface area contributed by atoms with Crippen LogP contribution in [-0.4, -0.2) is 30.9 Å². The first-order valence-corrected chi connectivity index (χ1v) is 5.48. The lowest BCUT2D eigenvalue weighted by Gasteiger charge is -2.11. The van der Waals surface area contributed by atoms with Gasteiger partial charge in [-0.15, -0.1) is 6.58 Å². The zero-order valence-corrected chi connectivity index (χ0v) is 9.24. The molecule has 1 saturated heterocycles. The molecule has 0 saturated carbocycles. The van der Waals surface area contributed by atoms with E-state index in [4.69, 9.17) is 17.0 Å². The van der Waals surface area contributed by atoms with Crippen molar-refractivity contribution in [3.05, 3.63) is 12.7 Å². The van der Waals surface area contributed by atoms with Crippen molar-refractivity contribution in [2.24, 2.45) is 0 Å². The molecule has 0 spiro atoms. The Hall–Kier alpha value is -0.610. The van der Waals surface area contributed by atoms with Gasteiger partial charge in [-0.25, -0.2) is 0 Å². The largest absolute Gasteiger partial charge is 0.378 e. The van der Waals surface area contributed by atoms with Crippen molar-refractivity contribution in [2.75, 3.05) is 19.7 Å². The van der Waals surface area contributed by atoms with Gasteiger partial charge in [-0.2, -0.15) is 0 Å². The highest BCUT2D eigenvalue weighted by molar-refractivity contribution is 7.80. The summed E-state index contributed by atoms with van der Waals surface area (Å²) in [5.41, 5.74) is 0. The Kier molecular flexibility index (Phi) is 5.56. The molecule has 0 aromatic rings. The van der Waals surface area contributed by atoms with Crippen LogP contribution in [-0.2, 0) is 4.74 Å². The van der Waals surface area contributed by atoms with E-state index in [-0.39, 0.29) is 0 Å². The second-order valence-corrected chi connectivity index (χ2v) is 3.76. The van der Waals surface area contributed by atoms with Gasteiger partial charge in [0, 0.05) is 19.7 Å². The van der Waals surface area contributed by atoms with Gasteiger partial charge in [0.1, 0.15) is 0 Å². The summed E-state index contributed by atoms with van der Waals surface area (Å²) in [6, 6.07) is 0. The van der Waals surface area contributed by atoms with Crippen LogP contribution in [0.1, 0.15) is 19.3 Å². The number of thiocarbonyl (C=S) groups is 1. The fourth-order valence-electron chi connectivity index (χ4n) is 1.45. The Morgan fingerprint density at radius 3 is 3.07 bits per heavy atom. The molecule has 0 aromatic carbocycles. The van der Waals surface area contributed by atoms with Crippen LogP contribution in [0.2, 0.25) is 0 Å². The highest BCUT2D eigenvalue weighted by Gasteiger charge is 2.14. The van der Waals surface area contributed by atoms with Crippen LogP contribution in [0.15, 0.2) is 12.7 Å². The van der Waals surface area contributed by atoms with Crippen molar-refractivity contribution in [3.63, 3.8) is 0 Å². The lowest BCUT2D eigenvalue weighted by atomic mass is 10.2. The monoisotopic (exact) mass is 214 g/mol.